The number of ether oxygens (including phenoxy) is 1. The summed E-state index contributed by atoms with van der Waals surface area (Å²) < 4.78 is 5.48. The van der Waals surface area contributed by atoms with Gasteiger partial charge in [0.05, 0.1) is 7.11 Å². The van der Waals surface area contributed by atoms with Crippen molar-refractivity contribution in [3.8, 4) is 28.0 Å². The number of aryl methyl sites for hydroxylation is 3. The molecule has 0 atom stereocenters. The molecule has 49 heavy (non-hydrogen) atoms. The smallest absolute Gasteiger partial charge is 0.119 e. The van der Waals surface area contributed by atoms with Crippen molar-refractivity contribution < 1.29 is 4.74 Å². The maximum atomic E-state index is 5.48. The Labute approximate surface area is 290 Å². The van der Waals surface area contributed by atoms with E-state index in [-0.39, 0.29) is 0 Å². The maximum absolute atomic E-state index is 5.48. The molecule has 0 aliphatic heterocycles. The molecule has 7 aromatic carbocycles. The van der Waals surface area contributed by atoms with Crippen molar-refractivity contribution in [2.24, 2.45) is 0 Å². The van der Waals surface area contributed by atoms with Crippen LogP contribution in [-0.4, -0.2) is 7.11 Å². The number of methoxy groups -OCH3 is 1. The van der Waals surface area contributed by atoms with Crippen molar-refractivity contribution in [3.05, 3.63) is 187 Å². The number of hydrogen-bond donors (Lipinski definition) is 0. The number of anilines is 6. The zero-order valence-corrected chi connectivity index (χ0v) is 28.5. The van der Waals surface area contributed by atoms with Gasteiger partial charge in [-0.25, -0.2) is 0 Å². The van der Waals surface area contributed by atoms with E-state index in [2.05, 4.69) is 194 Å². The fraction of sp³-hybridized carbons (Fsp3) is 0.0870. The van der Waals surface area contributed by atoms with Gasteiger partial charge in [-0.05, 0) is 127 Å². The van der Waals surface area contributed by atoms with Crippen LogP contribution in [0.3, 0.4) is 0 Å². The van der Waals surface area contributed by atoms with E-state index in [4.69, 9.17) is 4.74 Å². The molecule has 3 nitrogen and oxygen atoms in total. The first kappa shape index (κ1) is 31.5. The van der Waals surface area contributed by atoms with Crippen molar-refractivity contribution in [2.45, 2.75) is 20.8 Å². The summed E-state index contributed by atoms with van der Waals surface area (Å²) in [5.41, 5.74) is 15.2. The summed E-state index contributed by atoms with van der Waals surface area (Å²) in [7, 11) is 1.71. The van der Waals surface area contributed by atoms with Crippen LogP contribution < -0.4 is 14.5 Å². The van der Waals surface area contributed by atoms with E-state index >= 15 is 0 Å². The summed E-state index contributed by atoms with van der Waals surface area (Å²) in [6, 6.07) is 60.5. The first-order chi connectivity index (χ1) is 24.0. The van der Waals surface area contributed by atoms with Crippen LogP contribution in [0.5, 0.6) is 5.75 Å². The molecule has 0 aromatic heterocycles. The second-order valence-corrected chi connectivity index (χ2v) is 12.5. The molecule has 0 bridgehead atoms. The summed E-state index contributed by atoms with van der Waals surface area (Å²) >= 11 is 0. The SMILES string of the molecule is COc1ccc(N(c2ccccc2)c2ccc(-c3ccc(-c4ccc(N(c5ccccc5)c5ccc(C)cc5C)cc4)cc3)cc2)c(C)c1. The molecule has 7 aromatic rings. The molecule has 0 radical (unpaired) electrons. The van der Waals surface area contributed by atoms with Gasteiger partial charge in [0.15, 0.2) is 0 Å². The van der Waals surface area contributed by atoms with Gasteiger partial charge in [0.1, 0.15) is 5.75 Å². The van der Waals surface area contributed by atoms with E-state index in [0.717, 1.165) is 39.7 Å². The highest BCUT2D eigenvalue weighted by atomic mass is 16.5. The zero-order chi connectivity index (χ0) is 33.7. The number of rotatable bonds is 9. The topological polar surface area (TPSA) is 15.7 Å². The molecule has 3 heteroatoms. The largest absolute Gasteiger partial charge is 0.497 e. The summed E-state index contributed by atoms with van der Waals surface area (Å²) in [6.07, 6.45) is 0. The molecule has 0 saturated heterocycles. The quantitative estimate of drug-likeness (QED) is 0.157. The second-order valence-electron chi connectivity index (χ2n) is 12.5. The minimum atomic E-state index is 0.857. The Kier molecular flexibility index (Phi) is 8.99. The summed E-state index contributed by atoms with van der Waals surface area (Å²) in [5, 5.41) is 0. The fourth-order valence-electron chi connectivity index (χ4n) is 6.53. The van der Waals surface area contributed by atoms with Gasteiger partial charge < -0.3 is 14.5 Å². The van der Waals surface area contributed by atoms with E-state index in [1.54, 1.807) is 7.11 Å². The number of hydrogen-bond acceptors (Lipinski definition) is 3. The molecule has 0 unspecified atom stereocenters. The summed E-state index contributed by atoms with van der Waals surface area (Å²) in [5.74, 6) is 0.857. The molecule has 0 N–H and O–H groups in total. The lowest BCUT2D eigenvalue weighted by Crippen LogP contribution is -2.11. The van der Waals surface area contributed by atoms with Gasteiger partial charge in [0.2, 0.25) is 0 Å². The highest BCUT2D eigenvalue weighted by molar-refractivity contribution is 5.82. The Morgan fingerprint density at radius 2 is 0.735 bits per heavy atom. The van der Waals surface area contributed by atoms with E-state index in [1.165, 1.54) is 39.1 Å². The highest BCUT2D eigenvalue weighted by Crippen LogP contribution is 2.40. The minimum Gasteiger partial charge on any atom is -0.497 e. The van der Waals surface area contributed by atoms with E-state index in [1.807, 2.05) is 6.07 Å². The average Bonchev–Trinajstić information content (AvgIpc) is 3.15. The average molecular weight is 637 g/mol. The number of nitrogens with zero attached hydrogens (tertiary/aromatic N) is 2. The first-order valence-electron chi connectivity index (χ1n) is 16.7. The lowest BCUT2D eigenvalue weighted by atomic mass is 9.99. The van der Waals surface area contributed by atoms with Gasteiger partial charge in [0, 0.05) is 34.1 Å². The molecule has 0 spiro atoms. The third kappa shape index (κ3) is 6.70. The van der Waals surface area contributed by atoms with Crippen LogP contribution in [0.4, 0.5) is 34.1 Å². The third-order valence-electron chi connectivity index (χ3n) is 9.07. The van der Waals surface area contributed by atoms with Crippen LogP contribution in [0, 0.1) is 20.8 Å². The predicted octanol–water partition coefficient (Wildman–Crippen LogP) is 12.9. The van der Waals surface area contributed by atoms with Crippen molar-refractivity contribution in [1.82, 2.24) is 0 Å². The maximum Gasteiger partial charge on any atom is 0.119 e. The number of benzene rings is 7. The van der Waals surface area contributed by atoms with Crippen LogP contribution in [0.25, 0.3) is 22.3 Å². The second kappa shape index (κ2) is 14.0. The molecular formula is C46H40N2O. The monoisotopic (exact) mass is 636 g/mol. The Morgan fingerprint density at radius 3 is 1.12 bits per heavy atom. The molecular weight excluding hydrogens is 597 g/mol. The molecule has 240 valence electrons. The molecule has 0 aliphatic rings. The lowest BCUT2D eigenvalue weighted by Gasteiger charge is -2.27. The van der Waals surface area contributed by atoms with E-state index in [9.17, 15) is 0 Å². The van der Waals surface area contributed by atoms with Crippen LogP contribution in [0.1, 0.15) is 16.7 Å². The molecule has 0 saturated carbocycles. The Balaban J connectivity index is 1.14. The van der Waals surface area contributed by atoms with Gasteiger partial charge in [-0.1, -0.05) is 103 Å². The molecule has 0 fully saturated rings. The standard InChI is InChI=1S/C46H40N2O/c1-33-15-29-45(34(2)31-33)47(40-11-7-5-8-12-40)42-24-20-38(21-25-42)36-16-18-37(19-17-36)39-22-26-43(27-23-39)48(41-13-9-6-10-14-41)46-30-28-44(49-4)32-35(46)3/h5-32H,1-4H3. The zero-order valence-electron chi connectivity index (χ0n) is 28.5. The lowest BCUT2D eigenvalue weighted by molar-refractivity contribution is 0.414. The van der Waals surface area contributed by atoms with Gasteiger partial charge in [-0.2, -0.15) is 0 Å². The highest BCUT2D eigenvalue weighted by Gasteiger charge is 2.16. The normalized spacial score (nSPS) is 10.9. The van der Waals surface area contributed by atoms with Gasteiger partial charge >= 0.3 is 0 Å². The molecule has 7 rings (SSSR count). The molecule has 0 heterocycles. The molecule has 0 aliphatic carbocycles. The van der Waals surface area contributed by atoms with Gasteiger partial charge in [-0.3, -0.25) is 0 Å². The Bertz CT molecular complexity index is 2160. The van der Waals surface area contributed by atoms with Crippen molar-refractivity contribution >= 4 is 34.1 Å². The van der Waals surface area contributed by atoms with Crippen molar-refractivity contribution in [1.29, 1.82) is 0 Å². The summed E-state index contributed by atoms with van der Waals surface area (Å²) in [6.45, 7) is 6.45. The van der Waals surface area contributed by atoms with E-state index < -0.39 is 0 Å². The fourth-order valence-corrected chi connectivity index (χ4v) is 6.53. The van der Waals surface area contributed by atoms with E-state index in [0.29, 0.717) is 0 Å². The summed E-state index contributed by atoms with van der Waals surface area (Å²) in [4.78, 5) is 4.63. The minimum absolute atomic E-state index is 0.857. The molecule has 0 amide bonds. The van der Waals surface area contributed by atoms with Crippen molar-refractivity contribution in [2.75, 3.05) is 16.9 Å². The van der Waals surface area contributed by atoms with Crippen LogP contribution in [0.2, 0.25) is 0 Å². The van der Waals surface area contributed by atoms with Gasteiger partial charge in [-0.15, -0.1) is 0 Å². The first-order valence-corrected chi connectivity index (χ1v) is 16.7. The third-order valence-corrected chi connectivity index (χ3v) is 9.07. The predicted molar refractivity (Wildman–Crippen MR) is 207 cm³/mol. The Morgan fingerprint density at radius 1 is 0.367 bits per heavy atom. The Hall–Kier alpha value is -6.06. The van der Waals surface area contributed by atoms with Gasteiger partial charge in [0.25, 0.3) is 0 Å². The van der Waals surface area contributed by atoms with Crippen LogP contribution >= 0.6 is 0 Å². The van der Waals surface area contributed by atoms with Crippen LogP contribution in [0.15, 0.2) is 170 Å². The van der Waals surface area contributed by atoms with Crippen LogP contribution in [-0.2, 0) is 0 Å². The number of para-hydroxylation sites is 2. The van der Waals surface area contributed by atoms with Crippen molar-refractivity contribution in [3.63, 3.8) is 0 Å².